The lowest BCUT2D eigenvalue weighted by Gasteiger charge is -2.21. The van der Waals surface area contributed by atoms with Crippen molar-refractivity contribution in [2.24, 2.45) is 4.99 Å². The summed E-state index contributed by atoms with van der Waals surface area (Å²) in [4.78, 5) is 6.68. The highest BCUT2D eigenvalue weighted by molar-refractivity contribution is 14.0. The van der Waals surface area contributed by atoms with Gasteiger partial charge in [-0.25, -0.2) is 0 Å². The van der Waals surface area contributed by atoms with Gasteiger partial charge in [0.2, 0.25) is 0 Å². The van der Waals surface area contributed by atoms with Crippen LogP contribution < -0.4 is 25.0 Å². The average molecular weight is 531 g/mol. The Bertz CT molecular complexity index is 795. The van der Waals surface area contributed by atoms with Crippen molar-refractivity contribution in [3.8, 4) is 11.5 Å². The highest BCUT2D eigenvalue weighted by Crippen LogP contribution is 2.30. The van der Waals surface area contributed by atoms with Crippen molar-refractivity contribution in [2.75, 3.05) is 39.3 Å². The van der Waals surface area contributed by atoms with Gasteiger partial charge < -0.3 is 25.0 Å². The predicted molar refractivity (Wildman–Crippen MR) is 130 cm³/mol. The predicted octanol–water partition coefficient (Wildman–Crippen LogP) is 3.92. The van der Waals surface area contributed by atoms with E-state index in [1.54, 1.807) is 21.3 Å². The van der Waals surface area contributed by atoms with Gasteiger partial charge in [0.15, 0.2) is 5.96 Å². The molecule has 1 aliphatic rings. The molecule has 158 valence electrons. The number of aliphatic imine (C=N–C) groups is 1. The molecular formula is C21H28ClIN4O2. The van der Waals surface area contributed by atoms with Crippen molar-refractivity contribution in [3.05, 3.63) is 53.1 Å². The summed E-state index contributed by atoms with van der Waals surface area (Å²) in [5.74, 6) is 2.39. The molecule has 0 bridgehead atoms. The Morgan fingerprint density at radius 3 is 2.38 bits per heavy atom. The Kier molecular flexibility index (Phi) is 9.16. The van der Waals surface area contributed by atoms with Gasteiger partial charge in [-0.2, -0.15) is 0 Å². The van der Waals surface area contributed by atoms with E-state index in [4.69, 9.17) is 21.1 Å². The van der Waals surface area contributed by atoms with Crippen LogP contribution in [0.15, 0.2) is 47.5 Å². The van der Waals surface area contributed by atoms with E-state index in [0.29, 0.717) is 12.6 Å². The van der Waals surface area contributed by atoms with Crippen LogP contribution in [0.4, 0.5) is 5.69 Å². The molecule has 2 aromatic carbocycles. The minimum Gasteiger partial charge on any atom is -0.497 e. The van der Waals surface area contributed by atoms with E-state index in [9.17, 15) is 0 Å². The molecule has 2 aromatic rings. The van der Waals surface area contributed by atoms with Gasteiger partial charge in [-0.15, -0.1) is 24.0 Å². The number of nitrogens with one attached hydrogen (secondary N) is 2. The molecule has 1 fully saturated rings. The summed E-state index contributed by atoms with van der Waals surface area (Å²) in [6, 6.07) is 14.1. The molecule has 0 spiro atoms. The van der Waals surface area contributed by atoms with Gasteiger partial charge in [0.25, 0.3) is 0 Å². The minimum atomic E-state index is 0. The summed E-state index contributed by atoms with van der Waals surface area (Å²) < 4.78 is 10.8. The molecule has 1 heterocycles. The number of hydrogen-bond acceptors (Lipinski definition) is 4. The first-order valence-electron chi connectivity index (χ1n) is 9.31. The fourth-order valence-electron chi connectivity index (χ4n) is 3.26. The highest BCUT2D eigenvalue weighted by Gasteiger charge is 2.24. The molecule has 2 N–H and O–H groups in total. The van der Waals surface area contributed by atoms with E-state index >= 15 is 0 Å². The van der Waals surface area contributed by atoms with Gasteiger partial charge in [-0.3, -0.25) is 4.99 Å². The zero-order valence-electron chi connectivity index (χ0n) is 16.9. The maximum Gasteiger partial charge on any atom is 0.191 e. The van der Waals surface area contributed by atoms with Gasteiger partial charge in [0, 0.05) is 61.6 Å². The molecule has 3 rings (SSSR count). The fourth-order valence-corrected chi connectivity index (χ4v) is 3.39. The zero-order valence-corrected chi connectivity index (χ0v) is 20.0. The second kappa shape index (κ2) is 11.3. The van der Waals surface area contributed by atoms with Crippen molar-refractivity contribution in [3.63, 3.8) is 0 Å². The van der Waals surface area contributed by atoms with Gasteiger partial charge in [-0.05, 0) is 24.1 Å². The van der Waals surface area contributed by atoms with Crippen LogP contribution in [0.25, 0.3) is 0 Å². The molecule has 1 aliphatic heterocycles. The smallest absolute Gasteiger partial charge is 0.191 e. The number of anilines is 1. The van der Waals surface area contributed by atoms with Gasteiger partial charge in [0.1, 0.15) is 11.5 Å². The van der Waals surface area contributed by atoms with Crippen molar-refractivity contribution in [1.29, 1.82) is 0 Å². The molecule has 8 heteroatoms. The van der Waals surface area contributed by atoms with Crippen LogP contribution >= 0.6 is 35.6 Å². The van der Waals surface area contributed by atoms with Crippen LogP contribution in [0.2, 0.25) is 5.02 Å². The number of halogens is 2. The lowest BCUT2D eigenvalue weighted by Crippen LogP contribution is -2.44. The standard InChI is InChI=1S/C21H27ClN4O2.HI/c1-23-21(24-13-15-4-6-16(22)7-5-15)25-17-8-9-26(14-17)18-10-19(27-2)12-20(11-18)28-3;/h4-7,10-12,17H,8-9,13-14H2,1-3H3,(H2,23,24,25);1H. The third kappa shape index (κ3) is 6.57. The Labute approximate surface area is 194 Å². The summed E-state index contributed by atoms with van der Waals surface area (Å²) in [6.45, 7) is 2.54. The maximum atomic E-state index is 5.94. The quantitative estimate of drug-likeness (QED) is 0.337. The van der Waals surface area contributed by atoms with E-state index in [2.05, 4.69) is 20.5 Å². The van der Waals surface area contributed by atoms with Crippen LogP contribution in [0.5, 0.6) is 11.5 Å². The number of benzene rings is 2. The first kappa shape index (κ1) is 23.4. The SMILES string of the molecule is CN=C(NCc1ccc(Cl)cc1)NC1CCN(c2cc(OC)cc(OC)c2)C1.I. The molecule has 0 amide bonds. The molecule has 1 unspecified atom stereocenters. The summed E-state index contributed by atoms with van der Waals surface area (Å²) in [6.07, 6.45) is 1.03. The highest BCUT2D eigenvalue weighted by atomic mass is 127. The third-order valence-electron chi connectivity index (χ3n) is 4.83. The van der Waals surface area contributed by atoms with Crippen LogP contribution in [-0.2, 0) is 6.54 Å². The number of guanidine groups is 1. The maximum absolute atomic E-state index is 5.94. The van der Waals surface area contributed by atoms with Crippen LogP contribution in [-0.4, -0.2) is 46.4 Å². The number of nitrogens with zero attached hydrogens (tertiary/aromatic N) is 2. The van der Waals surface area contributed by atoms with Crippen molar-refractivity contribution in [1.82, 2.24) is 10.6 Å². The van der Waals surface area contributed by atoms with Crippen LogP contribution in [0.3, 0.4) is 0 Å². The lowest BCUT2D eigenvalue weighted by atomic mass is 10.2. The van der Waals surface area contributed by atoms with E-state index in [0.717, 1.165) is 53.2 Å². The van der Waals surface area contributed by atoms with Crippen LogP contribution in [0, 0.1) is 0 Å². The largest absolute Gasteiger partial charge is 0.497 e. The third-order valence-corrected chi connectivity index (χ3v) is 5.08. The van der Waals surface area contributed by atoms with E-state index < -0.39 is 0 Å². The Morgan fingerprint density at radius 2 is 1.79 bits per heavy atom. The second-order valence-electron chi connectivity index (χ2n) is 6.70. The van der Waals surface area contributed by atoms with Crippen molar-refractivity contribution in [2.45, 2.75) is 19.0 Å². The van der Waals surface area contributed by atoms with Gasteiger partial charge >= 0.3 is 0 Å². The van der Waals surface area contributed by atoms with Crippen LogP contribution in [0.1, 0.15) is 12.0 Å². The monoisotopic (exact) mass is 530 g/mol. The van der Waals surface area contributed by atoms with E-state index in [1.165, 1.54) is 0 Å². The molecule has 29 heavy (non-hydrogen) atoms. The molecule has 0 radical (unpaired) electrons. The van der Waals surface area contributed by atoms with Crippen molar-refractivity contribution >= 4 is 47.2 Å². The molecule has 1 atom stereocenters. The molecule has 0 saturated carbocycles. The summed E-state index contributed by atoms with van der Waals surface area (Å²) in [5.41, 5.74) is 2.26. The van der Waals surface area contributed by atoms with Crippen molar-refractivity contribution < 1.29 is 9.47 Å². The first-order valence-corrected chi connectivity index (χ1v) is 9.68. The average Bonchev–Trinajstić information content (AvgIpc) is 3.20. The fraction of sp³-hybridized carbons (Fsp3) is 0.381. The summed E-state index contributed by atoms with van der Waals surface area (Å²) >= 11 is 5.94. The number of rotatable bonds is 6. The summed E-state index contributed by atoms with van der Waals surface area (Å²) in [5, 5.41) is 7.62. The number of ether oxygens (including phenoxy) is 2. The molecule has 0 aromatic heterocycles. The Hall–Kier alpha value is -1.87. The van der Waals surface area contributed by atoms with E-state index in [1.807, 2.05) is 42.5 Å². The molecular weight excluding hydrogens is 503 g/mol. The summed E-state index contributed by atoms with van der Waals surface area (Å²) in [7, 11) is 5.13. The molecule has 1 saturated heterocycles. The lowest BCUT2D eigenvalue weighted by molar-refractivity contribution is 0.394. The minimum absolute atomic E-state index is 0. The Balaban J connectivity index is 0.00000300. The number of hydrogen-bond donors (Lipinski definition) is 2. The first-order chi connectivity index (χ1) is 13.6. The Morgan fingerprint density at radius 1 is 1.14 bits per heavy atom. The van der Waals surface area contributed by atoms with E-state index in [-0.39, 0.29) is 24.0 Å². The topological polar surface area (TPSA) is 58.1 Å². The van der Waals surface area contributed by atoms with Gasteiger partial charge in [-0.1, -0.05) is 23.7 Å². The molecule has 0 aliphatic carbocycles. The van der Waals surface area contributed by atoms with Gasteiger partial charge in [0.05, 0.1) is 14.2 Å². The normalized spacial score (nSPS) is 16.2. The molecule has 6 nitrogen and oxygen atoms in total. The zero-order chi connectivity index (χ0) is 19.9. The number of methoxy groups -OCH3 is 2. The second-order valence-corrected chi connectivity index (χ2v) is 7.14.